The van der Waals surface area contributed by atoms with E-state index in [0.717, 1.165) is 24.8 Å². The van der Waals surface area contributed by atoms with Gasteiger partial charge in [0.1, 0.15) is 6.10 Å². The first-order valence-corrected chi connectivity index (χ1v) is 8.77. The zero-order chi connectivity index (χ0) is 18.4. The molecule has 1 saturated carbocycles. The summed E-state index contributed by atoms with van der Waals surface area (Å²) in [5, 5.41) is 14.2. The van der Waals surface area contributed by atoms with Crippen LogP contribution in [0.5, 0.6) is 0 Å². The quantitative estimate of drug-likeness (QED) is 0.765. The van der Waals surface area contributed by atoms with Crippen molar-refractivity contribution in [2.24, 2.45) is 5.41 Å². The van der Waals surface area contributed by atoms with Crippen molar-refractivity contribution in [3.63, 3.8) is 0 Å². The molecule has 0 aliphatic heterocycles. The van der Waals surface area contributed by atoms with Gasteiger partial charge in [0.25, 0.3) is 0 Å². The molecular formula is C19H28N2O4. The first-order valence-electron chi connectivity index (χ1n) is 8.77. The summed E-state index contributed by atoms with van der Waals surface area (Å²) in [4.78, 5) is 23.2. The molecule has 0 bridgehead atoms. The van der Waals surface area contributed by atoms with Gasteiger partial charge in [-0.05, 0) is 31.2 Å². The van der Waals surface area contributed by atoms with Gasteiger partial charge in [0, 0.05) is 17.5 Å². The van der Waals surface area contributed by atoms with Crippen molar-refractivity contribution in [2.45, 2.75) is 64.6 Å². The topological polar surface area (TPSA) is 87.7 Å². The Morgan fingerprint density at radius 2 is 1.72 bits per heavy atom. The molecule has 6 nitrogen and oxygen atoms in total. The molecule has 1 unspecified atom stereocenters. The lowest BCUT2D eigenvalue weighted by molar-refractivity contribution is 0.0275. The number of amides is 2. The van der Waals surface area contributed by atoms with Gasteiger partial charge in [-0.2, -0.15) is 0 Å². The molecular weight excluding hydrogens is 320 g/mol. The molecule has 6 heteroatoms. The number of carbonyl (C=O) groups is 2. The minimum Gasteiger partial charge on any atom is -0.465 e. The maximum absolute atomic E-state index is 12.4. The van der Waals surface area contributed by atoms with Crippen LogP contribution in [-0.4, -0.2) is 29.4 Å². The van der Waals surface area contributed by atoms with Gasteiger partial charge in [-0.3, -0.25) is 0 Å². The average Bonchev–Trinajstić information content (AvgIpc) is 2.52. The van der Waals surface area contributed by atoms with Crippen LogP contribution in [0, 0.1) is 5.41 Å². The standard InChI is InChI=1S/C19H28N2O4/c1-19(2,3)16(13-8-5-4-6-9-13)25-18(24)21-15-11-7-10-14(12-15)20-17(22)23/h4-6,8-9,14-16,20H,7,10-12H2,1-3H3,(H,21,24)(H,22,23)/t14-,15+,16?/m0/s1. The minimum atomic E-state index is -1.02. The van der Waals surface area contributed by atoms with Crippen LogP contribution in [0.4, 0.5) is 9.59 Å². The summed E-state index contributed by atoms with van der Waals surface area (Å²) in [6.07, 6.45) is 1.26. The Hall–Kier alpha value is -2.24. The van der Waals surface area contributed by atoms with E-state index in [2.05, 4.69) is 10.6 Å². The van der Waals surface area contributed by atoms with E-state index in [4.69, 9.17) is 9.84 Å². The summed E-state index contributed by atoms with van der Waals surface area (Å²) >= 11 is 0. The predicted molar refractivity (Wildman–Crippen MR) is 95.5 cm³/mol. The maximum atomic E-state index is 12.4. The minimum absolute atomic E-state index is 0.0745. The molecule has 1 aromatic rings. The van der Waals surface area contributed by atoms with Crippen molar-refractivity contribution < 1.29 is 19.4 Å². The Labute approximate surface area is 149 Å². The zero-order valence-corrected chi connectivity index (χ0v) is 15.1. The molecule has 1 fully saturated rings. The third kappa shape index (κ3) is 5.96. The lowest BCUT2D eigenvalue weighted by Gasteiger charge is -2.33. The molecule has 3 atom stereocenters. The van der Waals surface area contributed by atoms with Gasteiger partial charge in [-0.1, -0.05) is 51.1 Å². The van der Waals surface area contributed by atoms with Crippen LogP contribution < -0.4 is 10.6 Å². The number of carboxylic acid groups (broad SMARTS) is 1. The molecule has 2 rings (SSSR count). The number of alkyl carbamates (subject to hydrolysis) is 1. The van der Waals surface area contributed by atoms with Gasteiger partial charge in [0.05, 0.1) is 0 Å². The molecule has 3 N–H and O–H groups in total. The van der Waals surface area contributed by atoms with E-state index in [1.54, 1.807) is 0 Å². The Morgan fingerprint density at radius 3 is 2.28 bits per heavy atom. The maximum Gasteiger partial charge on any atom is 0.407 e. The smallest absolute Gasteiger partial charge is 0.407 e. The molecule has 2 amide bonds. The lowest BCUT2D eigenvalue weighted by atomic mass is 9.84. The number of benzene rings is 1. The molecule has 0 spiro atoms. The fraction of sp³-hybridized carbons (Fsp3) is 0.579. The van der Waals surface area contributed by atoms with E-state index in [1.165, 1.54) is 0 Å². The van der Waals surface area contributed by atoms with Gasteiger partial charge >= 0.3 is 12.2 Å². The highest BCUT2D eigenvalue weighted by Crippen LogP contribution is 2.36. The fourth-order valence-corrected chi connectivity index (χ4v) is 3.31. The van der Waals surface area contributed by atoms with Gasteiger partial charge in [-0.25, -0.2) is 9.59 Å². The third-order valence-electron chi connectivity index (χ3n) is 4.44. The van der Waals surface area contributed by atoms with Crippen LogP contribution in [0.25, 0.3) is 0 Å². The first-order chi connectivity index (χ1) is 11.8. The van der Waals surface area contributed by atoms with Crippen LogP contribution in [0.2, 0.25) is 0 Å². The van der Waals surface area contributed by atoms with Crippen molar-refractivity contribution in [3.8, 4) is 0 Å². The summed E-state index contributed by atoms with van der Waals surface area (Å²) in [7, 11) is 0. The van der Waals surface area contributed by atoms with Gasteiger partial charge in [0.2, 0.25) is 0 Å². The van der Waals surface area contributed by atoms with E-state index in [1.807, 2.05) is 51.1 Å². The second-order valence-corrected chi connectivity index (χ2v) is 7.72. The Balaban J connectivity index is 1.96. The van der Waals surface area contributed by atoms with Crippen molar-refractivity contribution in [3.05, 3.63) is 35.9 Å². The second-order valence-electron chi connectivity index (χ2n) is 7.72. The molecule has 0 aromatic heterocycles. The van der Waals surface area contributed by atoms with Crippen molar-refractivity contribution in [1.82, 2.24) is 10.6 Å². The molecule has 25 heavy (non-hydrogen) atoms. The predicted octanol–water partition coefficient (Wildman–Crippen LogP) is 4.08. The highest BCUT2D eigenvalue weighted by Gasteiger charge is 2.31. The average molecular weight is 348 g/mol. The Morgan fingerprint density at radius 1 is 1.12 bits per heavy atom. The van der Waals surface area contributed by atoms with Gasteiger partial charge < -0.3 is 20.5 Å². The molecule has 0 heterocycles. The first kappa shape index (κ1) is 19.1. The molecule has 0 saturated heterocycles. The van der Waals surface area contributed by atoms with E-state index in [0.29, 0.717) is 6.42 Å². The lowest BCUT2D eigenvalue weighted by Crippen LogP contribution is -2.46. The molecule has 1 aliphatic rings. The van der Waals surface area contributed by atoms with Crippen molar-refractivity contribution >= 4 is 12.2 Å². The van der Waals surface area contributed by atoms with Crippen LogP contribution in [0.15, 0.2) is 30.3 Å². The van der Waals surface area contributed by atoms with Gasteiger partial charge in [0.15, 0.2) is 0 Å². The number of hydrogen-bond donors (Lipinski definition) is 3. The largest absolute Gasteiger partial charge is 0.465 e. The SMILES string of the molecule is CC(C)(C)C(OC(=O)N[C@@H]1CCC[C@H](NC(=O)O)C1)c1ccccc1. The zero-order valence-electron chi connectivity index (χ0n) is 15.1. The van der Waals surface area contributed by atoms with Crippen LogP contribution in [-0.2, 0) is 4.74 Å². The summed E-state index contributed by atoms with van der Waals surface area (Å²) in [6, 6.07) is 9.50. The van der Waals surface area contributed by atoms with Gasteiger partial charge in [-0.15, -0.1) is 0 Å². The van der Waals surface area contributed by atoms with Crippen molar-refractivity contribution in [1.29, 1.82) is 0 Å². The van der Waals surface area contributed by atoms with Crippen LogP contribution in [0.1, 0.15) is 58.1 Å². The summed E-state index contributed by atoms with van der Waals surface area (Å²) in [5.41, 5.74) is 0.720. The monoisotopic (exact) mass is 348 g/mol. The Kier molecular flexibility index (Phi) is 6.28. The summed E-state index contributed by atoms with van der Waals surface area (Å²) < 4.78 is 5.73. The number of carbonyl (C=O) groups excluding carboxylic acids is 1. The molecule has 138 valence electrons. The summed E-state index contributed by atoms with van der Waals surface area (Å²) in [5.74, 6) is 0. The van der Waals surface area contributed by atoms with Crippen molar-refractivity contribution in [2.75, 3.05) is 0 Å². The van der Waals surface area contributed by atoms with Crippen LogP contribution >= 0.6 is 0 Å². The highest BCUT2D eigenvalue weighted by molar-refractivity contribution is 5.68. The highest BCUT2D eigenvalue weighted by atomic mass is 16.6. The normalized spacial score (nSPS) is 21.9. The molecule has 1 aromatic carbocycles. The number of rotatable bonds is 4. The fourth-order valence-electron chi connectivity index (χ4n) is 3.31. The number of hydrogen-bond acceptors (Lipinski definition) is 3. The number of ether oxygens (including phenoxy) is 1. The second kappa shape index (κ2) is 8.23. The van der Waals surface area contributed by atoms with E-state index < -0.39 is 12.2 Å². The summed E-state index contributed by atoms with van der Waals surface area (Å²) in [6.45, 7) is 6.10. The molecule has 1 aliphatic carbocycles. The third-order valence-corrected chi connectivity index (χ3v) is 4.44. The van der Waals surface area contributed by atoms with Crippen LogP contribution in [0.3, 0.4) is 0 Å². The van der Waals surface area contributed by atoms with E-state index >= 15 is 0 Å². The Bertz CT molecular complexity index is 583. The number of nitrogens with one attached hydrogen (secondary N) is 2. The van der Waals surface area contributed by atoms with E-state index in [9.17, 15) is 9.59 Å². The van der Waals surface area contributed by atoms with E-state index in [-0.39, 0.29) is 23.6 Å². The molecule has 0 radical (unpaired) electrons.